The number of carbonyl (C=O) groups is 4. The van der Waals surface area contributed by atoms with Crippen LogP contribution >= 0.6 is 0 Å². The quantitative estimate of drug-likeness (QED) is 0.215. The molecule has 1 saturated heterocycles. The van der Waals surface area contributed by atoms with Crippen molar-refractivity contribution in [2.24, 2.45) is 0 Å². The summed E-state index contributed by atoms with van der Waals surface area (Å²) < 4.78 is 10.0. The third-order valence-electron chi connectivity index (χ3n) is 4.11. The summed E-state index contributed by atoms with van der Waals surface area (Å²) in [6, 6.07) is 0. The largest absolute Gasteiger partial charge is 0.465 e. The Bertz CT molecular complexity index is 512. The average molecular weight is 367 g/mol. The highest BCUT2D eigenvalue weighted by Gasteiger charge is 2.28. The minimum absolute atomic E-state index is 0.00276. The molecule has 26 heavy (non-hydrogen) atoms. The SMILES string of the molecule is C=C(CC(=O)OCCCCCCCC)C(=O)OCCN1C(=O)CCC1=O. The minimum atomic E-state index is -0.722. The summed E-state index contributed by atoms with van der Waals surface area (Å²) in [5, 5.41) is 0. The van der Waals surface area contributed by atoms with E-state index in [1.54, 1.807) is 0 Å². The van der Waals surface area contributed by atoms with E-state index in [1.165, 1.54) is 19.3 Å². The molecule has 0 aromatic carbocycles. The number of hydrogen-bond acceptors (Lipinski definition) is 6. The van der Waals surface area contributed by atoms with Crippen LogP contribution in [0.5, 0.6) is 0 Å². The monoisotopic (exact) mass is 367 g/mol. The Kier molecular flexibility index (Phi) is 10.3. The number of hydrogen-bond donors (Lipinski definition) is 0. The summed E-state index contributed by atoms with van der Waals surface area (Å²) in [6.45, 7) is 5.95. The van der Waals surface area contributed by atoms with Gasteiger partial charge in [-0.05, 0) is 6.42 Å². The third-order valence-corrected chi connectivity index (χ3v) is 4.11. The van der Waals surface area contributed by atoms with Crippen LogP contribution in [0.2, 0.25) is 0 Å². The summed E-state index contributed by atoms with van der Waals surface area (Å²) in [7, 11) is 0. The van der Waals surface area contributed by atoms with Crippen LogP contribution in [-0.4, -0.2) is 48.4 Å². The summed E-state index contributed by atoms with van der Waals surface area (Å²) in [6.07, 6.45) is 6.74. The van der Waals surface area contributed by atoms with Gasteiger partial charge < -0.3 is 9.47 Å². The average Bonchev–Trinajstić information content (AvgIpc) is 2.92. The fourth-order valence-corrected chi connectivity index (χ4v) is 2.57. The molecule has 0 N–H and O–H groups in total. The van der Waals surface area contributed by atoms with Gasteiger partial charge in [-0.2, -0.15) is 0 Å². The number of likely N-dealkylation sites (tertiary alicyclic amines) is 1. The Labute approximate surface area is 154 Å². The normalized spacial score (nSPS) is 13.8. The Morgan fingerprint density at radius 3 is 2.23 bits per heavy atom. The molecule has 1 aliphatic rings. The molecule has 1 rings (SSSR count). The van der Waals surface area contributed by atoms with Crippen LogP contribution < -0.4 is 0 Å². The van der Waals surface area contributed by atoms with E-state index in [2.05, 4.69) is 13.5 Å². The lowest BCUT2D eigenvalue weighted by Crippen LogP contribution is -2.33. The van der Waals surface area contributed by atoms with Crippen LogP contribution in [0.1, 0.15) is 64.7 Å². The summed E-state index contributed by atoms with van der Waals surface area (Å²) in [4.78, 5) is 47.4. The van der Waals surface area contributed by atoms with Crippen molar-refractivity contribution in [1.29, 1.82) is 0 Å². The van der Waals surface area contributed by atoms with Crippen molar-refractivity contribution in [2.75, 3.05) is 19.8 Å². The number of unbranched alkanes of at least 4 members (excludes halogenated alkanes) is 5. The van der Waals surface area contributed by atoms with Gasteiger partial charge >= 0.3 is 11.9 Å². The van der Waals surface area contributed by atoms with Gasteiger partial charge in [0.1, 0.15) is 6.61 Å². The molecule has 1 heterocycles. The van der Waals surface area contributed by atoms with E-state index in [1.807, 2.05) is 0 Å². The van der Waals surface area contributed by atoms with E-state index in [0.29, 0.717) is 6.61 Å². The van der Waals surface area contributed by atoms with E-state index in [-0.39, 0.29) is 49.8 Å². The number of imide groups is 1. The summed E-state index contributed by atoms with van der Waals surface area (Å²) in [5.41, 5.74) is -0.00276. The molecule has 0 atom stereocenters. The predicted octanol–water partition coefficient (Wildman–Crippen LogP) is 2.53. The Balaban J connectivity index is 2.11. The van der Waals surface area contributed by atoms with Gasteiger partial charge in [0.05, 0.1) is 19.6 Å². The van der Waals surface area contributed by atoms with Gasteiger partial charge in [-0.3, -0.25) is 19.3 Å². The molecule has 0 radical (unpaired) electrons. The molecule has 0 saturated carbocycles. The molecule has 0 aromatic heterocycles. The van der Waals surface area contributed by atoms with E-state index in [9.17, 15) is 19.2 Å². The zero-order chi connectivity index (χ0) is 19.4. The number of rotatable bonds is 13. The maximum atomic E-state index is 11.8. The maximum absolute atomic E-state index is 11.8. The Morgan fingerprint density at radius 2 is 1.58 bits per heavy atom. The first-order valence-electron chi connectivity index (χ1n) is 9.29. The van der Waals surface area contributed by atoms with Crippen molar-refractivity contribution in [3.05, 3.63) is 12.2 Å². The molecular formula is C19H29NO6. The van der Waals surface area contributed by atoms with Crippen molar-refractivity contribution in [1.82, 2.24) is 4.90 Å². The van der Waals surface area contributed by atoms with Crippen LogP contribution in [0.25, 0.3) is 0 Å². The lowest BCUT2D eigenvalue weighted by atomic mass is 10.1. The maximum Gasteiger partial charge on any atom is 0.334 e. The third kappa shape index (κ3) is 8.27. The lowest BCUT2D eigenvalue weighted by molar-refractivity contribution is -0.147. The van der Waals surface area contributed by atoms with Crippen molar-refractivity contribution < 1.29 is 28.7 Å². The lowest BCUT2D eigenvalue weighted by Gasteiger charge is -2.14. The number of nitrogens with zero attached hydrogens (tertiary/aromatic N) is 1. The number of esters is 2. The molecule has 7 heteroatoms. The number of carbonyl (C=O) groups excluding carboxylic acids is 4. The topological polar surface area (TPSA) is 90.0 Å². The van der Waals surface area contributed by atoms with E-state index >= 15 is 0 Å². The first-order chi connectivity index (χ1) is 12.5. The van der Waals surface area contributed by atoms with Gasteiger partial charge in [0.25, 0.3) is 0 Å². The van der Waals surface area contributed by atoms with Gasteiger partial charge in [-0.15, -0.1) is 0 Å². The summed E-state index contributed by atoms with van der Waals surface area (Å²) in [5.74, 6) is -1.75. The molecule has 0 spiro atoms. The second-order valence-electron chi connectivity index (χ2n) is 6.34. The predicted molar refractivity (Wildman–Crippen MR) is 95.0 cm³/mol. The molecule has 1 fully saturated rings. The van der Waals surface area contributed by atoms with Gasteiger partial charge in [0.2, 0.25) is 11.8 Å². The van der Waals surface area contributed by atoms with Gasteiger partial charge in [-0.1, -0.05) is 45.6 Å². The van der Waals surface area contributed by atoms with Gasteiger partial charge in [-0.25, -0.2) is 4.79 Å². The fourth-order valence-electron chi connectivity index (χ4n) is 2.57. The van der Waals surface area contributed by atoms with Crippen LogP contribution in [-0.2, 0) is 28.7 Å². The molecule has 1 aliphatic heterocycles. The Morgan fingerprint density at radius 1 is 0.962 bits per heavy atom. The molecule has 2 amide bonds. The van der Waals surface area contributed by atoms with Crippen LogP contribution in [0.15, 0.2) is 12.2 Å². The smallest absolute Gasteiger partial charge is 0.334 e. The molecule has 146 valence electrons. The zero-order valence-corrected chi connectivity index (χ0v) is 15.6. The van der Waals surface area contributed by atoms with Gasteiger partial charge in [0.15, 0.2) is 0 Å². The molecule has 0 aromatic rings. The second kappa shape index (κ2) is 12.2. The highest BCUT2D eigenvalue weighted by molar-refractivity contribution is 6.02. The van der Waals surface area contributed by atoms with E-state index < -0.39 is 11.9 Å². The highest BCUT2D eigenvalue weighted by Crippen LogP contribution is 2.11. The molecular weight excluding hydrogens is 338 g/mol. The highest BCUT2D eigenvalue weighted by atomic mass is 16.5. The van der Waals surface area contributed by atoms with Crippen LogP contribution in [0.3, 0.4) is 0 Å². The second-order valence-corrected chi connectivity index (χ2v) is 6.34. The zero-order valence-electron chi connectivity index (χ0n) is 15.6. The van der Waals surface area contributed by atoms with Crippen molar-refractivity contribution >= 4 is 23.8 Å². The number of amides is 2. The first-order valence-corrected chi connectivity index (χ1v) is 9.29. The molecule has 7 nitrogen and oxygen atoms in total. The van der Waals surface area contributed by atoms with Crippen molar-refractivity contribution in [2.45, 2.75) is 64.7 Å². The molecule has 0 unspecified atom stereocenters. The standard InChI is InChI=1S/C19H29NO6/c1-3-4-5-6-7-8-12-25-18(23)14-15(2)19(24)26-13-11-20-16(21)9-10-17(20)22/h2-14H2,1H3. The van der Waals surface area contributed by atoms with E-state index in [4.69, 9.17) is 9.47 Å². The van der Waals surface area contributed by atoms with Crippen molar-refractivity contribution in [3.8, 4) is 0 Å². The minimum Gasteiger partial charge on any atom is -0.465 e. The number of ether oxygens (including phenoxy) is 2. The first kappa shape index (κ1) is 21.9. The van der Waals surface area contributed by atoms with Crippen molar-refractivity contribution in [3.63, 3.8) is 0 Å². The summed E-state index contributed by atoms with van der Waals surface area (Å²) >= 11 is 0. The molecule has 0 aliphatic carbocycles. The van der Waals surface area contributed by atoms with Crippen LogP contribution in [0.4, 0.5) is 0 Å². The van der Waals surface area contributed by atoms with Crippen LogP contribution in [0, 0.1) is 0 Å². The fraction of sp³-hybridized carbons (Fsp3) is 0.684. The molecule has 0 bridgehead atoms. The van der Waals surface area contributed by atoms with E-state index in [0.717, 1.165) is 24.2 Å². The van der Waals surface area contributed by atoms with Gasteiger partial charge in [0, 0.05) is 18.4 Å². The Hall–Kier alpha value is -2.18.